The van der Waals surface area contributed by atoms with Crippen LogP contribution in [0, 0.1) is 11.8 Å². The van der Waals surface area contributed by atoms with Crippen molar-refractivity contribution in [1.29, 1.82) is 0 Å². The second kappa shape index (κ2) is 11.4. The molecule has 0 saturated carbocycles. The summed E-state index contributed by atoms with van der Waals surface area (Å²) in [6, 6.07) is 0. The molecule has 0 bridgehead atoms. The van der Waals surface area contributed by atoms with Crippen LogP contribution in [0.1, 0.15) is 11.4 Å². The Labute approximate surface area is 129 Å². The second-order valence-electron chi connectivity index (χ2n) is 4.99. The number of hydrogen-bond acceptors (Lipinski definition) is 8. The van der Waals surface area contributed by atoms with Crippen molar-refractivity contribution in [3.63, 3.8) is 0 Å². The first-order valence-electron chi connectivity index (χ1n) is 7.12. The SMILES string of the molecule is OCC(CO)COCc1cncc(COCC(CO)CO)n1. The van der Waals surface area contributed by atoms with E-state index < -0.39 is 0 Å². The first-order valence-corrected chi connectivity index (χ1v) is 7.12. The molecule has 1 aromatic heterocycles. The summed E-state index contributed by atoms with van der Waals surface area (Å²) in [5.41, 5.74) is 1.24. The molecule has 0 aromatic carbocycles. The van der Waals surface area contributed by atoms with E-state index in [9.17, 15) is 0 Å². The highest BCUT2D eigenvalue weighted by Crippen LogP contribution is 2.04. The zero-order valence-corrected chi connectivity index (χ0v) is 12.5. The average Bonchev–Trinajstić information content (AvgIpc) is 2.56. The highest BCUT2D eigenvalue weighted by Gasteiger charge is 2.08. The summed E-state index contributed by atoms with van der Waals surface area (Å²) in [6.07, 6.45) is 3.14. The van der Waals surface area contributed by atoms with Crippen LogP contribution >= 0.6 is 0 Å². The normalized spacial score (nSPS) is 11.5. The van der Waals surface area contributed by atoms with Crippen molar-refractivity contribution in [2.45, 2.75) is 13.2 Å². The molecule has 8 nitrogen and oxygen atoms in total. The van der Waals surface area contributed by atoms with Gasteiger partial charge in [-0.25, -0.2) is 4.98 Å². The van der Waals surface area contributed by atoms with Gasteiger partial charge in [0.05, 0.1) is 76.6 Å². The van der Waals surface area contributed by atoms with E-state index in [0.717, 1.165) is 0 Å². The molecule has 4 N–H and O–H groups in total. The van der Waals surface area contributed by atoms with Crippen LogP contribution in [-0.4, -0.2) is 70.0 Å². The maximum atomic E-state index is 8.93. The van der Waals surface area contributed by atoms with Gasteiger partial charge in [-0.05, 0) is 0 Å². The Morgan fingerprint density at radius 1 is 0.773 bits per heavy atom. The Morgan fingerprint density at radius 2 is 1.18 bits per heavy atom. The Morgan fingerprint density at radius 3 is 1.55 bits per heavy atom. The summed E-state index contributed by atoms with van der Waals surface area (Å²) >= 11 is 0. The fourth-order valence-electron chi connectivity index (χ4n) is 1.58. The zero-order valence-electron chi connectivity index (χ0n) is 12.5. The molecule has 0 aliphatic carbocycles. The zero-order chi connectivity index (χ0) is 16.2. The summed E-state index contributed by atoms with van der Waals surface area (Å²) in [5, 5.41) is 35.7. The molecule has 126 valence electrons. The Hall–Kier alpha value is -1.16. The maximum Gasteiger partial charge on any atom is 0.0903 e. The molecule has 0 unspecified atom stereocenters. The van der Waals surface area contributed by atoms with Crippen LogP contribution in [0.25, 0.3) is 0 Å². The second-order valence-corrected chi connectivity index (χ2v) is 4.99. The lowest BCUT2D eigenvalue weighted by atomic mass is 10.2. The van der Waals surface area contributed by atoms with Crippen molar-refractivity contribution in [3.05, 3.63) is 23.8 Å². The van der Waals surface area contributed by atoms with Gasteiger partial charge in [0.15, 0.2) is 0 Å². The van der Waals surface area contributed by atoms with Gasteiger partial charge in [0.1, 0.15) is 0 Å². The molecule has 1 aromatic rings. The molecular weight excluding hydrogens is 292 g/mol. The fraction of sp³-hybridized carbons (Fsp3) is 0.714. The lowest BCUT2D eigenvalue weighted by Gasteiger charge is -2.12. The highest BCUT2D eigenvalue weighted by molar-refractivity contribution is 5.01. The van der Waals surface area contributed by atoms with E-state index in [1.54, 1.807) is 12.4 Å². The van der Waals surface area contributed by atoms with Crippen molar-refractivity contribution in [3.8, 4) is 0 Å². The number of rotatable bonds is 12. The van der Waals surface area contributed by atoms with Gasteiger partial charge in [-0.3, -0.25) is 4.98 Å². The van der Waals surface area contributed by atoms with Crippen LogP contribution in [0.4, 0.5) is 0 Å². The molecule has 0 aliphatic rings. The molecule has 8 heteroatoms. The minimum absolute atomic E-state index is 0.132. The number of aliphatic hydroxyl groups is 4. The lowest BCUT2D eigenvalue weighted by molar-refractivity contribution is 0.0329. The van der Waals surface area contributed by atoms with Crippen LogP contribution in [0.15, 0.2) is 12.4 Å². The van der Waals surface area contributed by atoms with E-state index in [1.807, 2.05) is 0 Å². The van der Waals surface area contributed by atoms with Gasteiger partial charge in [-0.15, -0.1) is 0 Å². The van der Waals surface area contributed by atoms with Crippen LogP contribution in [-0.2, 0) is 22.7 Å². The van der Waals surface area contributed by atoms with E-state index in [1.165, 1.54) is 0 Å². The van der Waals surface area contributed by atoms with E-state index in [0.29, 0.717) is 11.4 Å². The largest absolute Gasteiger partial charge is 0.396 e. The summed E-state index contributed by atoms with van der Waals surface area (Å²) in [7, 11) is 0. The van der Waals surface area contributed by atoms with Crippen molar-refractivity contribution < 1.29 is 29.9 Å². The molecule has 0 radical (unpaired) electrons. The topological polar surface area (TPSA) is 125 Å². The predicted molar refractivity (Wildman–Crippen MR) is 76.7 cm³/mol. The minimum atomic E-state index is -0.298. The van der Waals surface area contributed by atoms with Crippen LogP contribution in [0.2, 0.25) is 0 Å². The van der Waals surface area contributed by atoms with Gasteiger partial charge in [-0.2, -0.15) is 0 Å². The highest BCUT2D eigenvalue weighted by atomic mass is 16.5. The molecular formula is C14H24N2O6. The maximum absolute atomic E-state index is 8.93. The van der Waals surface area contributed by atoms with Gasteiger partial charge >= 0.3 is 0 Å². The van der Waals surface area contributed by atoms with Crippen molar-refractivity contribution in [2.75, 3.05) is 39.6 Å². The first-order chi connectivity index (χ1) is 10.7. The quantitative estimate of drug-likeness (QED) is 0.375. The number of nitrogens with zero attached hydrogens (tertiary/aromatic N) is 2. The van der Waals surface area contributed by atoms with Gasteiger partial charge in [-0.1, -0.05) is 0 Å². The minimum Gasteiger partial charge on any atom is -0.396 e. The Bertz CT molecular complexity index is 365. The van der Waals surface area contributed by atoms with E-state index >= 15 is 0 Å². The van der Waals surface area contributed by atoms with Gasteiger partial charge in [0.2, 0.25) is 0 Å². The summed E-state index contributed by atoms with van der Waals surface area (Å²) < 4.78 is 10.7. The Kier molecular flexibility index (Phi) is 9.80. The third-order valence-corrected chi connectivity index (χ3v) is 2.97. The third kappa shape index (κ3) is 7.21. The first kappa shape index (κ1) is 18.9. The molecule has 0 fully saturated rings. The average molecular weight is 316 g/mol. The fourth-order valence-corrected chi connectivity index (χ4v) is 1.58. The lowest BCUT2D eigenvalue weighted by Crippen LogP contribution is -2.18. The molecule has 0 aliphatic heterocycles. The molecule has 1 heterocycles. The van der Waals surface area contributed by atoms with Crippen molar-refractivity contribution in [1.82, 2.24) is 9.97 Å². The molecule has 22 heavy (non-hydrogen) atoms. The smallest absolute Gasteiger partial charge is 0.0903 e. The standard InChI is InChI=1S/C14H24N2O6/c17-3-11(4-18)7-21-9-13-1-15-2-14(16-13)10-22-8-12(5-19)6-20/h1-2,11-12,17-20H,3-10H2. The van der Waals surface area contributed by atoms with E-state index in [2.05, 4.69) is 9.97 Å². The van der Waals surface area contributed by atoms with Crippen LogP contribution < -0.4 is 0 Å². The molecule has 0 amide bonds. The number of ether oxygens (including phenoxy) is 2. The van der Waals surface area contributed by atoms with E-state index in [4.69, 9.17) is 29.9 Å². The van der Waals surface area contributed by atoms with Crippen LogP contribution in [0.3, 0.4) is 0 Å². The number of aliphatic hydroxyl groups excluding tert-OH is 4. The summed E-state index contributed by atoms with van der Waals surface area (Å²) in [6.45, 7) is 0.411. The van der Waals surface area contributed by atoms with Gasteiger partial charge < -0.3 is 29.9 Å². The molecule has 0 atom stereocenters. The molecule has 1 rings (SSSR count). The van der Waals surface area contributed by atoms with Gasteiger partial charge in [0.25, 0.3) is 0 Å². The molecule has 0 spiro atoms. The predicted octanol–water partition coefficient (Wildman–Crippen LogP) is -1.29. The van der Waals surface area contributed by atoms with Crippen molar-refractivity contribution >= 4 is 0 Å². The van der Waals surface area contributed by atoms with E-state index in [-0.39, 0.29) is 64.7 Å². The molecule has 0 saturated heterocycles. The summed E-state index contributed by atoms with van der Waals surface area (Å²) in [4.78, 5) is 8.35. The number of aromatic nitrogens is 2. The Balaban J connectivity index is 2.35. The third-order valence-electron chi connectivity index (χ3n) is 2.97. The van der Waals surface area contributed by atoms with Crippen molar-refractivity contribution in [2.24, 2.45) is 11.8 Å². The number of hydrogen-bond donors (Lipinski definition) is 4. The monoisotopic (exact) mass is 316 g/mol. The van der Waals surface area contributed by atoms with Gasteiger partial charge in [0, 0.05) is 11.8 Å². The van der Waals surface area contributed by atoms with Crippen LogP contribution in [0.5, 0.6) is 0 Å². The summed E-state index contributed by atoms with van der Waals surface area (Å²) in [5.74, 6) is -0.596.